The van der Waals surface area contributed by atoms with Gasteiger partial charge in [0.1, 0.15) is 5.69 Å². The summed E-state index contributed by atoms with van der Waals surface area (Å²) in [5.41, 5.74) is 3.14. The minimum atomic E-state index is -0.0495. The van der Waals surface area contributed by atoms with Gasteiger partial charge in [0.05, 0.1) is 11.2 Å². The lowest BCUT2D eigenvalue weighted by atomic mass is 9.97. The number of aromatic nitrogens is 2. The Labute approximate surface area is 118 Å². The maximum Gasteiger partial charge on any atom is 0.213 e. The Hall–Kier alpha value is -1.61. The van der Waals surface area contributed by atoms with Crippen molar-refractivity contribution in [1.82, 2.24) is 9.78 Å². The summed E-state index contributed by atoms with van der Waals surface area (Å²) in [6.07, 6.45) is 2.45. The largest absolute Gasteiger partial charge is 0.287 e. The fourth-order valence-corrected chi connectivity index (χ4v) is 2.49. The third-order valence-electron chi connectivity index (χ3n) is 3.15. The molecule has 0 spiro atoms. The number of carbonyl (C=O) groups excluding carboxylic acids is 1. The van der Waals surface area contributed by atoms with Crippen LogP contribution in [0.3, 0.4) is 0 Å². The predicted octanol–water partition coefficient (Wildman–Crippen LogP) is 3.79. The number of carbonyl (C=O) groups is 1. The van der Waals surface area contributed by atoms with Gasteiger partial charge in [0.25, 0.3) is 0 Å². The maximum atomic E-state index is 12.7. The molecule has 0 atom stereocenters. The molecule has 0 amide bonds. The molecule has 0 bridgehead atoms. The highest BCUT2D eigenvalue weighted by atomic mass is 35.5. The van der Waals surface area contributed by atoms with Gasteiger partial charge in [-0.25, -0.2) is 0 Å². The van der Waals surface area contributed by atoms with Gasteiger partial charge in [-0.15, -0.1) is 0 Å². The van der Waals surface area contributed by atoms with Crippen molar-refractivity contribution in [2.24, 2.45) is 0 Å². The van der Waals surface area contributed by atoms with Crippen LogP contribution in [0.25, 0.3) is 0 Å². The van der Waals surface area contributed by atoms with E-state index in [-0.39, 0.29) is 5.78 Å². The number of benzene rings is 1. The Balaban J connectivity index is 2.53. The summed E-state index contributed by atoms with van der Waals surface area (Å²) in [6, 6.07) is 5.83. The topological polar surface area (TPSA) is 34.9 Å². The second-order valence-corrected chi connectivity index (χ2v) is 5.07. The lowest BCUT2D eigenvalue weighted by molar-refractivity contribution is 0.102. The molecule has 0 unspecified atom stereocenters. The Morgan fingerprint density at radius 3 is 2.53 bits per heavy atom. The number of nitrogens with zero attached hydrogens (tertiary/aromatic N) is 2. The molecular weight excluding hydrogens is 260 g/mol. The summed E-state index contributed by atoms with van der Waals surface area (Å²) in [7, 11) is 0. The van der Waals surface area contributed by atoms with Crippen LogP contribution in [0.5, 0.6) is 0 Å². The molecule has 0 fully saturated rings. The van der Waals surface area contributed by atoms with Crippen LogP contribution in [0.15, 0.2) is 24.4 Å². The molecule has 0 aliphatic heterocycles. The van der Waals surface area contributed by atoms with E-state index in [1.54, 1.807) is 4.68 Å². The Morgan fingerprint density at radius 1 is 1.32 bits per heavy atom. The van der Waals surface area contributed by atoms with Gasteiger partial charge in [-0.1, -0.05) is 36.7 Å². The average molecular weight is 277 g/mol. The van der Waals surface area contributed by atoms with Gasteiger partial charge in [0.2, 0.25) is 5.78 Å². The van der Waals surface area contributed by atoms with Gasteiger partial charge in [-0.05, 0) is 31.4 Å². The molecule has 100 valence electrons. The van der Waals surface area contributed by atoms with Crippen molar-refractivity contribution in [3.63, 3.8) is 0 Å². The van der Waals surface area contributed by atoms with E-state index in [0.29, 0.717) is 17.3 Å². The molecule has 0 aliphatic carbocycles. The third kappa shape index (κ3) is 2.56. The van der Waals surface area contributed by atoms with E-state index in [2.05, 4.69) is 5.10 Å². The lowest BCUT2D eigenvalue weighted by Gasteiger charge is -2.10. The van der Waals surface area contributed by atoms with Gasteiger partial charge in [0.15, 0.2) is 0 Å². The smallest absolute Gasteiger partial charge is 0.213 e. The maximum absolute atomic E-state index is 12.7. The summed E-state index contributed by atoms with van der Waals surface area (Å²) >= 11 is 6.13. The van der Waals surface area contributed by atoms with Gasteiger partial charge >= 0.3 is 0 Å². The standard InChI is InChI=1S/C15H17ClN2O/c1-4-8-18-14(12(16)9-17-18)15(19)13-10(2)6-5-7-11(13)3/h5-7,9H,4,8H2,1-3H3. The van der Waals surface area contributed by atoms with Crippen molar-refractivity contribution >= 4 is 17.4 Å². The summed E-state index contributed by atoms with van der Waals surface area (Å²) in [6.45, 7) is 6.62. The molecule has 2 rings (SSSR count). The van der Waals surface area contributed by atoms with Crippen LogP contribution < -0.4 is 0 Å². The van der Waals surface area contributed by atoms with Crippen molar-refractivity contribution in [3.05, 3.63) is 51.8 Å². The second kappa shape index (κ2) is 5.57. The van der Waals surface area contributed by atoms with E-state index in [9.17, 15) is 4.79 Å². The van der Waals surface area contributed by atoms with Crippen LogP contribution in [0.4, 0.5) is 0 Å². The summed E-state index contributed by atoms with van der Waals surface area (Å²) in [5, 5.41) is 4.59. The first-order valence-corrected chi connectivity index (χ1v) is 6.76. The molecule has 19 heavy (non-hydrogen) atoms. The zero-order valence-corrected chi connectivity index (χ0v) is 12.2. The van der Waals surface area contributed by atoms with Crippen molar-refractivity contribution in [2.75, 3.05) is 0 Å². The number of rotatable bonds is 4. The first kappa shape index (κ1) is 13.8. The molecule has 1 aromatic heterocycles. The molecule has 0 saturated heterocycles. The normalized spacial score (nSPS) is 10.7. The Morgan fingerprint density at radius 2 is 1.95 bits per heavy atom. The van der Waals surface area contributed by atoms with Crippen molar-refractivity contribution in [2.45, 2.75) is 33.7 Å². The number of aryl methyl sites for hydroxylation is 3. The van der Waals surface area contributed by atoms with E-state index in [4.69, 9.17) is 11.6 Å². The molecule has 4 heteroatoms. The average Bonchev–Trinajstić information content (AvgIpc) is 2.70. The number of halogens is 1. The highest BCUT2D eigenvalue weighted by molar-refractivity contribution is 6.34. The van der Waals surface area contributed by atoms with E-state index in [1.165, 1.54) is 6.20 Å². The van der Waals surface area contributed by atoms with Crippen LogP contribution in [0.1, 0.15) is 40.5 Å². The molecule has 1 aromatic carbocycles. The van der Waals surface area contributed by atoms with Crippen LogP contribution in [-0.4, -0.2) is 15.6 Å². The Kier molecular flexibility index (Phi) is 4.05. The molecule has 0 aliphatic rings. The first-order valence-electron chi connectivity index (χ1n) is 6.38. The van der Waals surface area contributed by atoms with Crippen LogP contribution in [0.2, 0.25) is 5.02 Å². The predicted molar refractivity (Wildman–Crippen MR) is 76.9 cm³/mol. The quantitative estimate of drug-likeness (QED) is 0.796. The van der Waals surface area contributed by atoms with E-state index in [0.717, 1.165) is 23.1 Å². The van der Waals surface area contributed by atoms with Crippen molar-refractivity contribution < 1.29 is 4.79 Å². The van der Waals surface area contributed by atoms with Gasteiger partial charge in [-0.3, -0.25) is 9.48 Å². The zero-order chi connectivity index (χ0) is 14.0. The van der Waals surface area contributed by atoms with E-state index in [1.807, 2.05) is 39.0 Å². The van der Waals surface area contributed by atoms with E-state index >= 15 is 0 Å². The van der Waals surface area contributed by atoms with E-state index < -0.39 is 0 Å². The summed E-state index contributed by atoms with van der Waals surface area (Å²) in [4.78, 5) is 12.7. The molecule has 3 nitrogen and oxygen atoms in total. The van der Waals surface area contributed by atoms with Crippen molar-refractivity contribution in [3.8, 4) is 0 Å². The second-order valence-electron chi connectivity index (χ2n) is 4.66. The summed E-state index contributed by atoms with van der Waals surface area (Å²) in [5.74, 6) is -0.0495. The monoisotopic (exact) mass is 276 g/mol. The molecule has 0 saturated carbocycles. The van der Waals surface area contributed by atoms with Crippen molar-refractivity contribution in [1.29, 1.82) is 0 Å². The van der Waals surface area contributed by atoms with Crippen LogP contribution >= 0.6 is 11.6 Å². The van der Waals surface area contributed by atoms with Gasteiger partial charge < -0.3 is 0 Å². The number of hydrogen-bond donors (Lipinski definition) is 0. The highest BCUT2D eigenvalue weighted by Gasteiger charge is 2.21. The highest BCUT2D eigenvalue weighted by Crippen LogP contribution is 2.23. The van der Waals surface area contributed by atoms with Gasteiger partial charge in [-0.2, -0.15) is 5.10 Å². The number of hydrogen-bond acceptors (Lipinski definition) is 2. The Bertz CT molecular complexity index is 596. The third-order valence-corrected chi connectivity index (χ3v) is 3.43. The summed E-state index contributed by atoms with van der Waals surface area (Å²) < 4.78 is 1.69. The molecule has 0 N–H and O–H groups in total. The lowest BCUT2D eigenvalue weighted by Crippen LogP contribution is -2.14. The first-order chi connectivity index (χ1) is 9.06. The zero-order valence-electron chi connectivity index (χ0n) is 11.4. The minimum Gasteiger partial charge on any atom is -0.287 e. The van der Waals surface area contributed by atoms with Crippen LogP contribution in [0, 0.1) is 13.8 Å². The fraction of sp³-hybridized carbons (Fsp3) is 0.333. The minimum absolute atomic E-state index is 0.0495. The molecule has 1 heterocycles. The fourth-order valence-electron chi connectivity index (χ4n) is 2.26. The molecule has 2 aromatic rings. The molecular formula is C15H17ClN2O. The SMILES string of the molecule is CCCn1ncc(Cl)c1C(=O)c1c(C)cccc1C. The number of ketones is 1. The molecule has 0 radical (unpaired) electrons. The van der Waals surface area contributed by atoms with Crippen LogP contribution in [-0.2, 0) is 6.54 Å². The van der Waals surface area contributed by atoms with Gasteiger partial charge in [0, 0.05) is 12.1 Å².